The molecule has 0 fully saturated rings. The van der Waals surface area contributed by atoms with Crippen molar-refractivity contribution in [2.45, 2.75) is 6.54 Å². The molecule has 4 rings (SSSR count). The number of nitrogens with zero attached hydrogens (tertiary/aromatic N) is 4. The van der Waals surface area contributed by atoms with Crippen molar-refractivity contribution in [3.63, 3.8) is 0 Å². The van der Waals surface area contributed by atoms with E-state index in [1.165, 1.54) is 33.9 Å². The third-order valence-electron chi connectivity index (χ3n) is 3.73. The van der Waals surface area contributed by atoms with Gasteiger partial charge in [-0.25, -0.2) is 9.67 Å². The molecule has 1 aromatic carbocycles. The first-order chi connectivity index (χ1) is 12.0. The van der Waals surface area contributed by atoms with E-state index in [0.717, 1.165) is 4.68 Å². The molecule has 0 amide bonds. The molecule has 3 heterocycles. The number of carbonyl (C=O) groups is 1. The Morgan fingerprint density at radius 3 is 2.72 bits per heavy atom. The predicted octanol–water partition coefficient (Wildman–Crippen LogP) is -0.122. The summed E-state index contributed by atoms with van der Waals surface area (Å²) in [6.45, 7) is -0.117. The standard InChI is InChI=1S/C16H10N4O4S/c21-12-7-9(17-16-19(12)5-6-25-16)8-20-14(22)11-4-2-1-3-10(11)13(18-20)15(23)24/h1-7H,8H2,(H,23,24)/p-1. The van der Waals surface area contributed by atoms with E-state index in [2.05, 4.69) is 10.1 Å². The zero-order valence-electron chi connectivity index (χ0n) is 12.6. The Morgan fingerprint density at radius 2 is 1.96 bits per heavy atom. The Kier molecular flexibility index (Phi) is 3.43. The topological polar surface area (TPSA) is 109 Å². The fourth-order valence-corrected chi connectivity index (χ4v) is 3.35. The number of rotatable bonds is 3. The van der Waals surface area contributed by atoms with Gasteiger partial charge >= 0.3 is 0 Å². The van der Waals surface area contributed by atoms with E-state index in [-0.39, 0.29) is 28.6 Å². The quantitative estimate of drug-likeness (QED) is 0.508. The maximum Gasteiger partial charge on any atom is 0.275 e. The number of aromatic nitrogens is 4. The maximum atomic E-state index is 12.6. The van der Waals surface area contributed by atoms with Gasteiger partial charge in [-0.2, -0.15) is 5.10 Å². The Bertz CT molecular complexity index is 1250. The van der Waals surface area contributed by atoms with Gasteiger partial charge in [0.15, 0.2) is 4.96 Å². The molecule has 0 bridgehead atoms. The molecule has 0 saturated carbocycles. The minimum atomic E-state index is -1.48. The SMILES string of the molecule is O=C([O-])c1nn(Cc2cc(=O)n3ccsc3n2)c(=O)c2ccccc12. The zero-order chi connectivity index (χ0) is 17.6. The fraction of sp³-hybridized carbons (Fsp3) is 0.0625. The number of hydrogen-bond acceptors (Lipinski definition) is 7. The highest BCUT2D eigenvalue weighted by Gasteiger charge is 2.12. The van der Waals surface area contributed by atoms with Gasteiger partial charge in [0.05, 0.1) is 23.6 Å². The van der Waals surface area contributed by atoms with Gasteiger partial charge in [-0.15, -0.1) is 11.3 Å². The third-order valence-corrected chi connectivity index (χ3v) is 4.49. The molecule has 0 atom stereocenters. The number of carbonyl (C=O) groups excluding carboxylic acids is 1. The lowest BCUT2D eigenvalue weighted by Crippen LogP contribution is -2.31. The normalized spacial score (nSPS) is 11.2. The number of carboxylic acids is 1. The molecule has 3 aromatic heterocycles. The summed E-state index contributed by atoms with van der Waals surface area (Å²) in [6, 6.07) is 7.57. The minimum Gasteiger partial charge on any atom is -0.543 e. The molecule has 9 heteroatoms. The molecule has 0 radical (unpaired) electrons. The van der Waals surface area contributed by atoms with Gasteiger partial charge in [0.1, 0.15) is 5.69 Å². The smallest absolute Gasteiger partial charge is 0.275 e. The third kappa shape index (κ3) is 2.50. The lowest BCUT2D eigenvalue weighted by atomic mass is 10.1. The molecule has 0 aliphatic rings. The molecule has 0 spiro atoms. The summed E-state index contributed by atoms with van der Waals surface area (Å²) in [7, 11) is 0. The highest BCUT2D eigenvalue weighted by atomic mass is 32.1. The lowest BCUT2D eigenvalue weighted by Gasteiger charge is -2.11. The monoisotopic (exact) mass is 353 g/mol. The minimum absolute atomic E-state index is 0.117. The van der Waals surface area contributed by atoms with Gasteiger partial charge in [0.2, 0.25) is 0 Å². The average molecular weight is 353 g/mol. The van der Waals surface area contributed by atoms with Gasteiger partial charge in [0.25, 0.3) is 11.1 Å². The van der Waals surface area contributed by atoms with Crippen LogP contribution in [0.15, 0.2) is 51.5 Å². The number of fused-ring (bicyclic) bond motifs is 2. The van der Waals surface area contributed by atoms with Gasteiger partial charge < -0.3 is 9.90 Å². The molecule has 0 unspecified atom stereocenters. The maximum absolute atomic E-state index is 12.6. The van der Waals surface area contributed by atoms with Gasteiger partial charge in [-0.3, -0.25) is 14.0 Å². The second kappa shape index (κ2) is 5.64. The molecular weight excluding hydrogens is 344 g/mol. The number of benzene rings is 1. The summed E-state index contributed by atoms with van der Waals surface area (Å²) in [5.74, 6) is -1.48. The zero-order valence-corrected chi connectivity index (χ0v) is 13.4. The van der Waals surface area contributed by atoms with E-state index in [1.54, 1.807) is 23.7 Å². The Morgan fingerprint density at radius 1 is 1.20 bits per heavy atom. The second-order valence-corrected chi connectivity index (χ2v) is 6.16. The number of aromatic carboxylic acids is 1. The van der Waals surface area contributed by atoms with Crippen LogP contribution < -0.4 is 16.2 Å². The first-order valence-corrected chi connectivity index (χ1v) is 8.09. The number of carboxylic acid groups (broad SMARTS) is 1. The van der Waals surface area contributed by atoms with Gasteiger partial charge in [-0.1, -0.05) is 18.2 Å². The van der Waals surface area contributed by atoms with E-state index in [1.807, 2.05) is 0 Å². The van der Waals surface area contributed by atoms with E-state index >= 15 is 0 Å². The van der Waals surface area contributed by atoms with E-state index in [4.69, 9.17) is 0 Å². The Hall–Kier alpha value is -3.33. The highest BCUT2D eigenvalue weighted by Crippen LogP contribution is 2.13. The summed E-state index contributed by atoms with van der Waals surface area (Å²) in [4.78, 5) is 40.8. The van der Waals surface area contributed by atoms with Crippen LogP contribution in [0.4, 0.5) is 0 Å². The molecule has 0 saturated heterocycles. The van der Waals surface area contributed by atoms with Crippen LogP contribution in [0.1, 0.15) is 16.2 Å². The summed E-state index contributed by atoms with van der Waals surface area (Å²) in [5, 5.41) is 17.4. The van der Waals surface area contributed by atoms with Crippen molar-refractivity contribution in [2.24, 2.45) is 0 Å². The summed E-state index contributed by atoms with van der Waals surface area (Å²) in [5.41, 5.74) is -0.755. The van der Waals surface area contributed by atoms with Crippen molar-refractivity contribution < 1.29 is 9.90 Å². The first-order valence-electron chi connectivity index (χ1n) is 7.21. The summed E-state index contributed by atoms with van der Waals surface area (Å²) < 4.78 is 2.37. The number of hydrogen-bond donors (Lipinski definition) is 0. The van der Waals surface area contributed by atoms with Crippen LogP contribution >= 0.6 is 11.3 Å². The van der Waals surface area contributed by atoms with E-state index in [9.17, 15) is 19.5 Å². The van der Waals surface area contributed by atoms with Crippen LogP contribution in [0.25, 0.3) is 15.7 Å². The molecule has 0 aliphatic heterocycles. The van der Waals surface area contributed by atoms with Crippen LogP contribution in [0.3, 0.4) is 0 Å². The second-order valence-electron chi connectivity index (χ2n) is 5.29. The van der Waals surface area contributed by atoms with Crippen molar-refractivity contribution in [2.75, 3.05) is 0 Å². The predicted molar refractivity (Wildman–Crippen MR) is 88.8 cm³/mol. The van der Waals surface area contributed by atoms with Gasteiger partial charge in [0, 0.05) is 23.0 Å². The molecule has 4 aromatic rings. The summed E-state index contributed by atoms with van der Waals surface area (Å²) in [6.07, 6.45) is 1.60. The Labute approximate surface area is 143 Å². The molecule has 124 valence electrons. The first kappa shape index (κ1) is 15.2. The Balaban J connectivity index is 1.91. The molecule has 0 N–H and O–H groups in total. The molecular formula is C16H9N4O4S-. The van der Waals surface area contributed by atoms with Crippen LogP contribution in [0.5, 0.6) is 0 Å². The van der Waals surface area contributed by atoms with E-state index < -0.39 is 11.5 Å². The van der Waals surface area contributed by atoms with Crippen LogP contribution in [0.2, 0.25) is 0 Å². The van der Waals surface area contributed by atoms with Crippen LogP contribution in [-0.4, -0.2) is 25.1 Å². The largest absolute Gasteiger partial charge is 0.543 e. The fourth-order valence-electron chi connectivity index (χ4n) is 2.62. The van der Waals surface area contributed by atoms with Crippen molar-refractivity contribution >= 4 is 33.0 Å². The van der Waals surface area contributed by atoms with Gasteiger partial charge in [-0.05, 0) is 6.07 Å². The van der Waals surface area contributed by atoms with E-state index in [0.29, 0.717) is 10.7 Å². The van der Waals surface area contributed by atoms with Crippen LogP contribution in [0, 0.1) is 0 Å². The van der Waals surface area contributed by atoms with Crippen LogP contribution in [-0.2, 0) is 6.54 Å². The summed E-state index contributed by atoms with van der Waals surface area (Å²) >= 11 is 1.28. The molecule has 8 nitrogen and oxygen atoms in total. The van der Waals surface area contributed by atoms with Crippen molar-refractivity contribution in [3.8, 4) is 0 Å². The van der Waals surface area contributed by atoms with Crippen molar-refractivity contribution in [1.29, 1.82) is 0 Å². The van der Waals surface area contributed by atoms with Crippen molar-refractivity contribution in [1.82, 2.24) is 19.2 Å². The highest BCUT2D eigenvalue weighted by molar-refractivity contribution is 7.15. The average Bonchev–Trinajstić information content (AvgIpc) is 3.06. The molecule has 25 heavy (non-hydrogen) atoms. The molecule has 0 aliphatic carbocycles. The van der Waals surface area contributed by atoms with Crippen molar-refractivity contribution in [3.05, 3.63) is 74.0 Å². The lowest BCUT2D eigenvalue weighted by molar-refractivity contribution is -0.255. The number of thiazole rings is 1.